The molecule has 0 aromatic heterocycles. The van der Waals surface area contributed by atoms with Crippen LogP contribution in [0.3, 0.4) is 0 Å². The van der Waals surface area contributed by atoms with Crippen molar-refractivity contribution in [2.24, 2.45) is 0 Å². The first-order valence-corrected chi connectivity index (χ1v) is 7.47. The highest BCUT2D eigenvalue weighted by Crippen LogP contribution is 2.34. The molecule has 0 aromatic carbocycles. The Labute approximate surface area is 102 Å². The van der Waals surface area contributed by atoms with E-state index in [1.54, 1.807) is 0 Å². The summed E-state index contributed by atoms with van der Waals surface area (Å²) in [5.41, 5.74) is 0. The summed E-state index contributed by atoms with van der Waals surface area (Å²) in [6.45, 7) is 6.63. The molecule has 0 aliphatic carbocycles. The van der Waals surface area contributed by atoms with Crippen molar-refractivity contribution in [1.82, 2.24) is 0 Å². The minimum absolute atomic E-state index is 0.125. The Morgan fingerprint density at radius 2 is 2.00 bits per heavy atom. The summed E-state index contributed by atoms with van der Waals surface area (Å²) in [6.07, 6.45) is 5.00. The molecule has 1 unspecified atom stereocenters. The number of ether oxygens (including phenoxy) is 1. The summed E-state index contributed by atoms with van der Waals surface area (Å²) < 4.78 is 4.76. The third-order valence-corrected chi connectivity index (χ3v) is 4.32. The first kappa shape index (κ1) is 15.2. The quantitative estimate of drug-likeness (QED) is 0.307. The Hall–Kier alpha value is 0.170. The van der Waals surface area contributed by atoms with Crippen molar-refractivity contribution in [3.05, 3.63) is 0 Å². The number of carbonyl (C=O) groups excluding carboxylic acids is 1. The SMILES string of the molecule is CCCCCOC(=O)C(C)(CCC)SS. The summed E-state index contributed by atoms with van der Waals surface area (Å²) in [6, 6.07) is 0. The maximum atomic E-state index is 11.8. The molecule has 0 amide bonds. The fourth-order valence-corrected chi connectivity index (χ4v) is 2.26. The standard InChI is InChI=1S/C11H22O2S2/c1-4-6-7-9-13-10(12)11(3,15-14)8-5-2/h14H,4-9H2,1-3H3. The Morgan fingerprint density at radius 3 is 2.47 bits per heavy atom. The molecule has 0 heterocycles. The van der Waals surface area contributed by atoms with E-state index in [2.05, 4.69) is 25.5 Å². The van der Waals surface area contributed by atoms with Crippen LogP contribution in [0, 0.1) is 0 Å². The monoisotopic (exact) mass is 250 g/mol. The Kier molecular flexibility index (Phi) is 8.43. The highest BCUT2D eigenvalue weighted by atomic mass is 33.1. The summed E-state index contributed by atoms with van der Waals surface area (Å²) >= 11 is 4.15. The van der Waals surface area contributed by atoms with Gasteiger partial charge in [0.15, 0.2) is 0 Å². The van der Waals surface area contributed by atoms with Gasteiger partial charge in [-0.15, -0.1) is 11.7 Å². The van der Waals surface area contributed by atoms with Gasteiger partial charge in [0, 0.05) is 0 Å². The van der Waals surface area contributed by atoms with Crippen molar-refractivity contribution in [2.75, 3.05) is 6.61 Å². The van der Waals surface area contributed by atoms with E-state index in [9.17, 15) is 4.79 Å². The number of thiol groups is 1. The van der Waals surface area contributed by atoms with Gasteiger partial charge in [-0.1, -0.05) is 43.9 Å². The number of esters is 1. The third-order valence-electron chi connectivity index (χ3n) is 2.34. The molecular formula is C11H22O2S2. The van der Waals surface area contributed by atoms with Crippen molar-refractivity contribution >= 4 is 28.4 Å². The van der Waals surface area contributed by atoms with E-state index in [-0.39, 0.29) is 5.97 Å². The van der Waals surface area contributed by atoms with Gasteiger partial charge in [-0.25, -0.2) is 0 Å². The maximum Gasteiger partial charge on any atom is 0.322 e. The molecule has 0 saturated heterocycles. The predicted molar refractivity (Wildman–Crippen MR) is 70.4 cm³/mol. The number of rotatable bonds is 8. The van der Waals surface area contributed by atoms with Crippen LogP contribution >= 0.6 is 22.5 Å². The second kappa shape index (κ2) is 8.34. The molecule has 0 saturated carbocycles. The lowest BCUT2D eigenvalue weighted by Gasteiger charge is -2.23. The largest absolute Gasteiger partial charge is 0.465 e. The molecule has 0 rings (SSSR count). The van der Waals surface area contributed by atoms with E-state index >= 15 is 0 Å². The van der Waals surface area contributed by atoms with Crippen LogP contribution in [0.5, 0.6) is 0 Å². The Balaban J connectivity index is 3.93. The molecule has 0 spiro atoms. The van der Waals surface area contributed by atoms with Crippen LogP contribution in [-0.2, 0) is 9.53 Å². The van der Waals surface area contributed by atoms with Crippen molar-refractivity contribution in [3.8, 4) is 0 Å². The van der Waals surface area contributed by atoms with Crippen LogP contribution in [0.25, 0.3) is 0 Å². The molecule has 15 heavy (non-hydrogen) atoms. The number of hydrogen-bond acceptors (Lipinski definition) is 4. The van der Waals surface area contributed by atoms with E-state index in [0.717, 1.165) is 32.1 Å². The molecule has 0 radical (unpaired) electrons. The number of hydrogen-bond donors (Lipinski definition) is 1. The smallest absolute Gasteiger partial charge is 0.322 e. The molecular weight excluding hydrogens is 228 g/mol. The van der Waals surface area contributed by atoms with Crippen molar-refractivity contribution in [2.45, 2.75) is 57.6 Å². The molecule has 4 heteroatoms. The van der Waals surface area contributed by atoms with Crippen LogP contribution < -0.4 is 0 Å². The van der Waals surface area contributed by atoms with Gasteiger partial charge in [-0.05, 0) is 19.8 Å². The molecule has 0 bridgehead atoms. The van der Waals surface area contributed by atoms with Gasteiger partial charge in [0.2, 0.25) is 0 Å². The fraction of sp³-hybridized carbons (Fsp3) is 0.909. The van der Waals surface area contributed by atoms with E-state index in [0.29, 0.717) is 6.61 Å². The van der Waals surface area contributed by atoms with E-state index in [4.69, 9.17) is 4.74 Å². The summed E-state index contributed by atoms with van der Waals surface area (Å²) in [7, 11) is 1.29. The molecule has 0 aromatic rings. The molecule has 2 nitrogen and oxygen atoms in total. The second-order valence-electron chi connectivity index (χ2n) is 3.92. The second-order valence-corrected chi connectivity index (χ2v) is 5.55. The fourth-order valence-electron chi connectivity index (χ4n) is 1.33. The lowest BCUT2D eigenvalue weighted by Crippen LogP contribution is -2.32. The zero-order valence-corrected chi connectivity index (χ0v) is 11.6. The average Bonchev–Trinajstić information content (AvgIpc) is 2.24. The molecule has 0 N–H and O–H groups in total. The molecule has 90 valence electrons. The zero-order valence-electron chi connectivity index (χ0n) is 9.91. The van der Waals surface area contributed by atoms with Crippen LogP contribution in [0.15, 0.2) is 0 Å². The third kappa shape index (κ3) is 5.71. The highest BCUT2D eigenvalue weighted by Gasteiger charge is 2.33. The summed E-state index contributed by atoms with van der Waals surface area (Å²) in [5.74, 6) is -0.125. The Morgan fingerprint density at radius 1 is 1.33 bits per heavy atom. The van der Waals surface area contributed by atoms with E-state index < -0.39 is 4.75 Å². The Bertz CT molecular complexity index is 185. The maximum absolute atomic E-state index is 11.8. The van der Waals surface area contributed by atoms with Crippen LogP contribution in [0.4, 0.5) is 0 Å². The molecule has 0 aliphatic heterocycles. The number of unbranched alkanes of at least 4 members (excludes halogenated alkanes) is 2. The van der Waals surface area contributed by atoms with Crippen LogP contribution in [-0.4, -0.2) is 17.3 Å². The first-order valence-electron chi connectivity index (χ1n) is 5.60. The van der Waals surface area contributed by atoms with Gasteiger partial charge >= 0.3 is 5.97 Å². The summed E-state index contributed by atoms with van der Waals surface area (Å²) in [5, 5.41) is 0. The van der Waals surface area contributed by atoms with Crippen LogP contribution in [0.2, 0.25) is 0 Å². The van der Waals surface area contributed by atoms with Crippen molar-refractivity contribution in [3.63, 3.8) is 0 Å². The topological polar surface area (TPSA) is 26.3 Å². The van der Waals surface area contributed by atoms with Gasteiger partial charge in [-0.3, -0.25) is 4.79 Å². The van der Waals surface area contributed by atoms with Gasteiger partial charge in [0.25, 0.3) is 0 Å². The van der Waals surface area contributed by atoms with Gasteiger partial charge in [0.1, 0.15) is 4.75 Å². The van der Waals surface area contributed by atoms with E-state index in [1.807, 2.05) is 6.92 Å². The zero-order chi connectivity index (χ0) is 11.7. The minimum Gasteiger partial charge on any atom is -0.465 e. The lowest BCUT2D eigenvalue weighted by atomic mass is 10.1. The van der Waals surface area contributed by atoms with Crippen molar-refractivity contribution < 1.29 is 9.53 Å². The van der Waals surface area contributed by atoms with Gasteiger partial charge in [-0.2, -0.15) is 0 Å². The molecule has 0 fully saturated rings. The lowest BCUT2D eigenvalue weighted by molar-refractivity contribution is -0.146. The van der Waals surface area contributed by atoms with E-state index in [1.165, 1.54) is 10.8 Å². The summed E-state index contributed by atoms with van der Waals surface area (Å²) in [4.78, 5) is 11.8. The highest BCUT2D eigenvalue weighted by molar-refractivity contribution is 8.69. The van der Waals surface area contributed by atoms with Crippen LogP contribution in [0.1, 0.15) is 52.9 Å². The first-order chi connectivity index (χ1) is 7.10. The van der Waals surface area contributed by atoms with Crippen molar-refractivity contribution in [1.29, 1.82) is 0 Å². The van der Waals surface area contributed by atoms with Gasteiger partial charge < -0.3 is 4.74 Å². The normalized spacial score (nSPS) is 14.7. The minimum atomic E-state index is -0.482. The predicted octanol–water partition coefficient (Wildman–Crippen LogP) is 3.86. The van der Waals surface area contributed by atoms with Gasteiger partial charge in [0.05, 0.1) is 6.61 Å². The number of carbonyl (C=O) groups is 1. The molecule has 1 atom stereocenters. The average molecular weight is 250 g/mol. The molecule has 0 aliphatic rings.